The van der Waals surface area contributed by atoms with Gasteiger partial charge in [0.05, 0.1) is 23.2 Å². The van der Waals surface area contributed by atoms with Gasteiger partial charge in [-0.05, 0) is 55.3 Å². The Morgan fingerprint density at radius 2 is 2.07 bits per heavy atom. The van der Waals surface area contributed by atoms with E-state index in [1.807, 2.05) is 38.1 Å². The van der Waals surface area contributed by atoms with Gasteiger partial charge < -0.3 is 14.5 Å². The van der Waals surface area contributed by atoms with E-state index in [4.69, 9.17) is 15.9 Å². The molecule has 3 rings (SSSR count). The third kappa shape index (κ3) is 4.19. The highest BCUT2D eigenvalue weighted by Gasteiger charge is 2.13. The van der Waals surface area contributed by atoms with Gasteiger partial charge in [0.1, 0.15) is 18.5 Å². The minimum Gasteiger partial charge on any atom is -0.490 e. The van der Waals surface area contributed by atoms with Crippen molar-refractivity contribution in [1.29, 1.82) is 5.26 Å². The molecule has 0 bridgehead atoms. The van der Waals surface area contributed by atoms with E-state index >= 15 is 0 Å². The number of terminal acetylenes is 1. The van der Waals surface area contributed by atoms with Gasteiger partial charge in [0.2, 0.25) is 0 Å². The highest BCUT2D eigenvalue weighted by Crippen LogP contribution is 2.35. The number of aryl methyl sites for hydroxylation is 1. The third-order valence-electron chi connectivity index (χ3n) is 3.99. The van der Waals surface area contributed by atoms with Crippen LogP contribution in [0.5, 0.6) is 11.5 Å². The summed E-state index contributed by atoms with van der Waals surface area (Å²) in [5.41, 5.74) is 4.01. The summed E-state index contributed by atoms with van der Waals surface area (Å²) in [5, 5.41) is 9.68. The van der Waals surface area contributed by atoms with Crippen molar-refractivity contribution in [2.45, 2.75) is 13.8 Å². The van der Waals surface area contributed by atoms with E-state index in [0.717, 1.165) is 26.6 Å². The van der Waals surface area contributed by atoms with E-state index in [-0.39, 0.29) is 6.61 Å². The van der Waals surface area contributed by atoms with E-state index in [1.165, 1.54) is 0 Å². The van der Waals surface area contributed by atoms with E-state index in [9.17, 15) is 5.26 Å². The van der Waals surface area contributed by atoms with Crippen molar-refractivity contribution in [3.8, 4) is 29.9 Å². The molecule has 2 aromatic carbocycles. The van der Waals surface area contributed by atoms with Crippen LogP contribution in [0, 0.1) is 30.6 Å². The highest BCUT2D eigenvalue weighted by atomic mass is 79.9. The van der Waals surface area contributed by atoms with Crippen LogP contribution in [0.15, 0.2) is 34.8 Å². The number of ether oxygens (including phenoxy) is 2. The molecule has 0 saturated heterocycles. The lowest BCUT2D eigenvalue weighted by atomic mass is 10.1. The first-order valence-corrected chi connectivity index (χ1v) is 9.46. The number of aromatic amines is 1. The van der Waals surface area contributed by atoms with Crippen molar-refractivity contribution in [3.63, 3.8) is 0 Å². The quantitative estimate of drug-likeness (QED) is 0.431. The smallest absolute Gasteiger partial charge is 0.163 e. The van der Waals surface area contributed by atoms with Crippen molar-refractivity contribution in [1.82, 2.24) is 9.97 Å². The molecule has 5 nitrogen and oxygen atoms in total. The fourth-order valence-corrected chi connectivity index (χ4v) is 3.16. The fourth-order valence-electron chi connectivity index (χ4n) is 2.72. The zero-order chi connectivity index (χ0) is 20.1. The number of rotatable bonds is 6. The van der Waals surface area contributed by atoms with E-state index in [2.05, 4.69) is 37.9 Å². The Balaban J connectivity index is 2.04. The first-order valence-electron chi connectivity index (χ1n) is 8.66. The lowest BCUT2D eigenvalue weighted by Crippen LogP contribution is -2.00. The molecule has 0 unspecified atom stereocenters. The number of fused-ring (bicyclic) bond motifs is 1. The maximum atomic E-state index is 9.68. The van der Waals surface area contributed by atoms with E-state index in [1.54, 1.807) is 12.1 Å². The maximum absolute atomic E-state index is 9.68. The lowest BCUT2D eigenvalue weighted by Gasteiger charge is -2.12. The molecule has 0 radical (unpaired) electrons. The van der Waals surface area contributed by atoms with Gasteiger partial charge in [-0.3, -0.25) is 0 Å². The summed E-state index contributed by atoms with van der Waals surface area (Å²) in [6.07, 6.45) is 7.03. The molecule has 1 heterocycles. The molecule has 0 aliphatic carbocycles. The van der Waals surface area contributed by atoms with Gasteiger partial charge >= 0.3 is 0 Å². The van der Waals surface area contributed by atoms with Gasteiger partial charge in [-0.2, -0.15) is 5.26 Å². The molecule has 0 aliphatic heterocycles. The summed E-state index contributed by atoms with van der Waals surface area (Å²) in [5.74, 6) is 4.06. The van der Waals surface area contributed by atoms with Crippen LogP contribution in [0.3, 0.4) is 0 Å². The van der Waals surface area contributed by atoms with Gasteiger partial charge in [-0.15, -0.1) is 6.42 Å². The average Bonchev–Trinajstić information content (AvgIpc) is 3.09. The summed E-state index contributed by atoms with van der Waals surface area (Å²) in [6, 6.07) is 11.7. The Labute approximate surface area is 172 Å². The van der Waals surface area contributed by atoms with Crippen molar-refractivity contribution in [2.75, 3.05) is 13.2 Å². The number of allylic oxidation sites excluding steroid dienone is 1. The number of hydrogen-bond acceptors (Lipinski definition) is 4. The molecule has 1 aromatic heterocycles. The van der Waals surface area contributed by atoms with Crippen LogP contribution in [-0.4, -0.2) is 23.2 Å². The van der Waals surface area contributed by atoms with Gasteiger partial charge in [0.15, 0.2) is 11.5 Å². The van der Waals surface area contributed by atoms with Gasteiger partial charge in [0, 0.05) is 4.47 Å². The van der Waals surface area contributed by atoms with Crippen LogP contribution < -0.4 is 9.47 Å². The zero-order valence-corrected chi connectivity index (χ0v) is 17.1. The number of imidazole rings is 1. The summed E-state index contributed by atoms with van der Waals surface area (Å²) in [6.45, 7) is 4.52. The fraction of sp³-hybridized carbons (Fsp3) is 0.182. The number of benzene rings is 2. The Kier molecular flexibility index (Phi) is 6.03. The Hall–Kier alpha value is -3.22. The molecule has 0 amide bonds. The average molecular weight is 436 g/mol. The largest absolute Gasteiger partial charge is 0.490 e. The van der Waals surface area contributed by atoms with Crippen LogP contribution in [0.2, 0.25) is 0 Å². The number of hydrogen-bond donors (Lipinski definition) is 1. The summed E-state index contributed by atoms with van der Waals surface area (Å²) < 4.78 is 12.0. The monoisotopic (exact) mass is 435 g/mol. The standard InChI is InChI=1S/C22H18BrN3O2/c1-4-8-28-21-12-17(23)15(11-20(21)27-5-2)10-16(13-24)22-25-18-7-6-14(3)9-19(18)26-22/h1,6-7,9-12H,5,8H2,2-3H3,(H,25,26)/b16-10-. The second-order valence-electron chi connectivity index (χ2n) is 6.02. The Morgan fingerprint density at radius 3 is 2.79 bits per heavy atom. The predicted octanol–water partition coefficient (Wildman–Crippen LogP) is 5.11. The van der Waals surface area contributed by atoms with E-state index < -0.39 is 0 Å². The van der Waals surface area contributed by atoms with Crippen molar-refractivity contribution in [3.05, 3.63) is 51.8 Å². The van der Waals surface area contributed by atoms with E-state index in [0.29, 0.717) is 29.5 Å². The van der Waals surface area contributed by atoms with Crippen LogP contribution in [0.1, 0.15) is 23.9 Å². The zero-order valence-electron chi connectivity index (χ0n) is 15.5. The van der Waals surface area contributed by atoms with Gasteiger partial charge in [0.25, 0.3) is 0 Å². The molecule has 6 heteroatoms. The SMILES string of the molecule is C#CCOc1cc(Br)c(/C=C(/C#N)c2nc3ccc(C)cc3[nH]2)cc1OCC. The van der Waals surface area contributed by atoms with Crippen LogP contribution in [0.25, 0.3) is 22.7 Å². The number of halogens is 1. The first kappa shape index (κ1) is 19.5. The molecule has 0 aliphatic rings. The normalized spacial score (nSPS) is 11.1. The summed E-state index contributed by atoms with van der Waals surface area (Å²) in [4.78, 5) is 7.74. The number of H-pyrrole nitrogens is 1. The topological polar surface area (TPSA) is 70.9 Å². The molecule has 3 aromatic rings. The summed E-state index contributed by atoms with van der Waals surface area (Å²) >= 11 is 3.53. The number of nitrogens with zero attached hydrogens (tertiary/aromatic N) is 2. The van der Waals surface area contributed by atoms with Crippen molar-refractivity contribution in [2.24, 2.45) is 0 Å². The molecule has 140 valence electrons. The number of nitriles is 1. The van der Waals surface area contributed by atoms with Crippen LogP contribution >= 0.6 is 15.9 Å². The molecule has 0 fully saturated rings. The third-order valence-corrected chi connectivity index (χ3v) is 4.67. The molecule has 0 spiro atoms. The summed E-state index contributed by atoms with van der Waals surface area (Å²) in [7, 11) is 0. The molecular formula is C22H18BrN3O2. The van der Waals surface area contributed by atoms with Crippen molar-refractivity contribution < 1.29 is 9.47 Å². The van der Waals surface area contributed by atoms with Gasteiger partial charge in [-0.25, -0.2) is 4.98 Å². The lowest BCUT2D eigenvalue weighted by molar-refractivity contribution is 0.299. The minimum absolute atomic E-state index is 0.142. The number of aromatic nitrogens is 2. The second kappa shape index (κ2) is 8.65. The first-order chi connectivity index (χ1) is 13.5. The Morgan fingerprint density at radius 1 is 1.29 bits per heavy atom. The molecule has 1 N–H and O–H groups in total. The Bertz CT molecular complexity index is 1130. The van der Waals surface area contributed by atoms with Crippen LogP contribution in [0.4, 0.5) is 0 Å². The molecule has 28 heavy (non-hydrogen) atoms. The molecule has 0 saturated carbocycles. The predicted molar refractivity (Wildman–Crippen MR) is 114 cm³/mol. The maximum Gasteiger partial charge on any atom is 0.163 e. The highest BCUT2D eigenvalue weighted by molar-refractivity contribution is 9.10. The second-order valence-corrected chi connectivity index (χ2v) is 6.88. The van der Waals surface area contributed by atoms with Crippen molar-refractivity contribution >= 4 is 38.6 Å². The molecular weight excluding hydrogens is 418 g/mol. The molecule has 0 atom stereocenters. The minimum atomic E-state index is 0.142. The van der Waals surface area contributed by atoms with Crippen LogP contribution in [-0.2, 0) is 0 Å². The van der Waals surface area contributed by atoms with Gasteiger partial charge in [-0.1, -0.05) is 27.9 Å². The number of nitrogens with one attached hydrogen (secondary N) is 1.